The van der Waals surface area contributed by atoms with E-state index in [1.807, 2.05) is 35.9 Å². The van der Waals surface area contributed by atoms with Crippen LogP contribution in [0.25, 0.3) is 10.2 Å². The van der Waals surface area contributed by atoms with Gasteiger partial charge in [0.15, 0.2) is 0 Å². The first-order valence-electron chi connectivity index (χ1n) is 5.99. The molecular formula is C14H11BrN2O2S. The molecule has 0 aliphatic rings. The summed E-state index contributed by atoms with van der Waals surface area (Å²) in [5.41, 5.74) is 1.99. The van der Waals surface area contributed by atoms with Crippen molar-refractivity contribution in [3.05, 3.63) is 50.9 Å². The number of rotatable bonds is 3. The normalized spacial score (nSPS) is 11.1. The number of carboxylic acids is 1. The minimum atomic E-state index is -0.888. The van der Waals surface area contributed by atoms with Gasteiger partial charge < -0.3 is 5.11 Å². The summed E-state index contributed by atoms with van der Waals surface area (Å²) in [7, 11) is 0. The third kappa shape index (κ3) is 2.36. The number of nitrogens with zero attached hydrogens (tertiary/aromatic N) is 2. The summed E-state index contributed by atoms with van der Waals surface area (Å²) in [5.74, 6) is -0.888. The highest BCUT2D eigenvalue weighted by Crippen LogP contribution is 2.28. The van der Waals surface area contributed by atoms with Gasteiger partial charge in [-0.2, -0.15) is 5.10 Å². The van der Waals surface area contributed by atoms with Crippen LogP contribution in [0.4, 0.5) is 0 Å². The van der Waals surface area contributed by atoms with Gasteiger partial charge in [0.25, 0.3) is 0 Å². The maximum Gasteiger partial charge on any atom is 0.345 e. The van der Waals surface area contributed by atoms with Crippen LogP contribution in [0.2, 0.25) is 0 Å². The second kappa shape index (κ2) is 5.03. The van der Waals surface area contributed by atoms with E-state index < -0.39 is 5.97 Å². The van der Waals surface area contributed by atoms with Crippen LogP contribution >= 0.6 is 27.3 Å². The predicted molar refractivity (Wildman–Crippen MR) is 82.6 cm³/mol. The minimum absolute atomic E-state index is 0.352. The Morgan fingerprint density at radius 3 is 2.75 bits per heavy atom. The van der Waals surface area contributed by atoms with Gasteiger partial charge in [0, 0.05) is 9.86 Å². The summed E-state index contributed by atoms with van der Waals surface area (Å²) in [5, 5.41) is 14.5. The quantitative estimate of drug-likeness (QED) is 0.778. The highest BCUT2D eigenvalue weighted by molar-refractivity contribution is 9.10. The number of thiophene rings is 1. The van der Waals surface area contributed by atoms with Crippen LogP contribution in [0.15, 0.2) is 34.8 Å². The van der Waals surface area contributed by atoms with Crippen molar-refractivity contribution in [2.24, 2.45) is 0 Å². The van der Waals surface area contributed by atoms with E-state index in [9.17, 15) is 4.79 Å². The van der Waals surface area contributed by atoms with Gasteiger partial charge in [0.1, 0.15) is 9.71 Å². The molecule has 4 nitrogen and oxygen atoms in total. The molecule has 102 valence electrons. The van der Waals surface area contributed by atoms with Gasteiger partial charge in [-0.25, -0.2) is 4.79 Å². The molecule has 0 saturated carbocycles. The molecule has 0 fully saturated rings. The molecule has 20 heavy (non-hydrogen) atoms. The number of halogens is 1. The van der Waals surface area contributed by atoms with E-state index in [0.29, 0.717) is 11.4 Å². The number of aryl methyl sites for hydroxylation is 1. The number of hydrogen-bond donors (Lipinski definition) is 1. The molecule has 6 heteroatoms. The fourth-order valence-electron chi connectivity index (χ4n) is 2.09. The van der Waals surface area contributed by atoms with Crippen LogP contribution in [0.3, 0.4) is 0 Å². The van der Waals surface area contributed by atoms with Crippen LogP contribution in [0.5, 0.6) is 0 Å². The molecule has 0 atom stereocenters. The molecule has 0 radical (unpaired) electrons. The smallest absolute Gasteiger partial charge is 0.345 e. The van der Waals surface area contributed by atoms with E-state index in [0.717, 1.165) is 25.9 Å². The molecule has 2 heterocycles. The number of carboxylic acid groups (broad SMARTS) is 1. The standard InChI is InChI=1S/C14H11BrN2O2S/c1-8-11-6-12(14(18)19)20-13(11)17(16-8)7-9-2-4-10(15)5-3-9/h2-6H,7H2,1H3,(H,18,19). The lowest BCUT2D eigenvalue weighted by Crippen LogP contribution is -2.01. The largest absolute Gasteiger partial charge is 0.477 e. The first-order chi connectivity index (χ1) is 9.54. The third-order valence-electron chi connectivity index (χ3n) is 3.06. The van der Waals surface area contributed by atoms with Gasteiger partial charge >= 0.3 is 5.97 Å². The Labute approximate surface area is 127 Å². The van der Waals surface area contributed by atoms with Gasteiger partial charge in [0.2, 0.25) is 0 Å². The van der Waals surface area contributed by atoms with Crippen molar-refractivity contribution in [1.29, 1.82) is 0 Å². The van der Waals surface area contributed by atoms with Crippen LogP contribution in [-0.4, -0.2) is 20.9 Å². The summed E-state index contributed by atoms with van der Waals surface area (Å²) in [4.78, 5) is 12.3. The van der Waals surface area contributed by atoms with Gasteiger partial charge in [-0.3, -0.25) is 4.68 Å². The topological polar surface area (TPSA) is 55.1 Å². The molecule has 0 unspecified atom stereocenters. The molecular weight excluding hydrogens is 340 g/mol. The molecule has 1 aromatic carbocycles. The Bertz CT molecular complexity index is 789. The van der Waals surface area contributed by atoms with Crippen LogP contribution in [-0.2, 0) is 6.54 Å². The van der Waals surface area contributed by atoms with Crippen molar-refractivity contribution in [1.82, 2.24) is 9.78 Å². The van der Waals surface area contributed by atoms with E-state index in [-0.39, 0.29) is 0 Å². The van der Waals surface area contributed by atoms with E-state index in [4.69, 9.17) is 5.11 Å². The summed E-state index contributed by atoms with van der Waals surface area (Å²) in [6, 6.07) is 9.72. The molecule has 0 spiro atoms. The Morgan fingerprint density at radius 1 is 1.40 bits per heavy atom. The monoisotopic (exact) mass is 350 g/mol. The Morgan fingerprint density at radius 2 is 2.10 bits per heavy atom. The third-order valence-corrected chi connectivity index (χ3v) is 4.73. The first-order valence-corrected chi connectivity index (χ1v) is 7.60. The van der Waals surface area contributed by atoms with Crippen molar-refractivity contribution in [3.8, 4) is 0 Å². The number of fused-ring (bicyclic) bond motifs is 1. The lowest BCUT2D eigenvalue weighted by molar-refractivity contribution is 0.0702. The van der Waals surface area contributed by atoms with Gasteiger partial charge in [0.05, 0.1) is 12.2 Å². The Balaban J connectivity index is 2.02. The molecule has 3 aromatic rings. The Hall–Kier alpha value is -1.66. The zero-order valence-electron chi connectivity index (χ0n) is 10.6. The number of benzene rings is 1. The molecule has 0 aliphatic carbocycles. The number of aromatic carboxylic acids is 1. The molecule has 1 N–H and O–H groups in total. The fourth-order valence-corrected chi connectivity index (χ4v) is 3.35. The number of aromatic nitrogens is 2. The van der Waals surface area contributed by atoms with E-state index in [1.54, 1.807) is 6.07 Å². The van der Waals surface area contributed by atoms with Crippen LogP contribution < -0.4 is 0 Å². The molecule has 0 bridgehead atoms. The zero-order chi connectivity index (χ0) is 14.3. The summed E-state index contributed by atoms with van der Waals surface area (Å²) in [6.45, 7) is 2.54. The lowest BCUT2D eigenvalue weighted by atomic mass is 10.2. The van der Waals surface area contributed by atoms with Crippen molar-refractivity contribution >= 4 is 43.5 Å². The SMILES string of the molecule is Cc1nn(Cc2ccc(Br)cc2)c2sc(C(=O)O)cc12. The van der Waals surface area contributed by atoms with Gasteiger partial charge in [-0.1, -0.05) is 28.1 Å². The average molecular weight is 351 g/mol. The number of hydrogen-bond acceptors (Lipinski definition) is 3. The highest BCUT2D eigenvalue weighted by Gasteiger charge is 2.15. The van der Waals surface area contributed by atoms with E-state index in [2.05, 4.69) is 21.0 Å². The zero-order valence-corrected chi connectivity index (χ0v) is 13.0. The first kappa shape index (κ1) is 13.3. The fraction of sp³-hybridized carbons (Fsp3) is 0.143. The molecule has 0 aliphatic heterocycles. The number of carbonyl (C=O) groups is 1. The predicted octanol–water partition coefficient (Wildman–Crippen LogP) is 3.92. The van der Waals surface area contributed by atoms with Crippen molar-refractivity contribution in [3.63, 3.8) is 0 Å². The molecule has 3 rings (SSSR count). The van der Waals surface area contributed by atoms with Crippen LogP contribution in [0.1, 0.15) is 20.9 Å². The second-order valence-corrected chi connectivity index (χ2v) is 6.45. The molecule has 0 saturated heterocycles. The average Bonchev–Trinajstić information content (AvgIpc) is 2.95. The lowest BCUT2D eigenvalue weighted by Gasteiger charge is -2.02. The highest BCUT2D eigenvalue weighted by atomic mass is 79.9. The maximum atomic E-state index is 11.1. The summed E-state index contributed by atoms with van der Waals surface area (Å²) < 4.78 is 2.90. The van der Waals surface area contributed by atoms with Crippen LogP contribution in [0, 0.1) is 6.92 Å². The van der Waals surface area contributed by atoms with Crippen molar-refractivity contribution < 1.29 is 9.90 Å². The maximum absolute atomic E-state index is 11.1. The van der Waals surface area contributed by atoms with E-state index >= 15 is 0 Å². The molecule has 2 aromatic heterocycles. The molecule has 0 amide bonds. The van der Waals surface area contributed by atoms with Crippen molar-refractivity contribution in [2.75, 3.05) is 0 Å². The van der Waals surface area contributed by atoms with E-state index in [1.165, 1.54) is 11.3 Å². The van der Waals surface area contributed by atoms with Crippen molar-refractivity contribution in [2.45, 2.75) is 13.5 Å². The summed E-state index contributed by atoms with van der Waals surface area (Å²) >= 11 is 4.68. The second-order valence-electron chi connectivity index (χ2n) is 4.50. The van der Waals surface area contributed by atoms with Gasteiger partial charge in [-0.05, 0) is 30.7 Å². The van der Waals surface area contributed by atoms with Gasteiger partial charge in [-0.15, -0.1) is 11.3 Å². The Kier molecular flexibility index (Phi) is 3.35. The minimum Gasteiger partial charge on any atom is -0.477 e. The summed E-state index contributed by atoms with van der Waals surface area (Å²) in [6.07, 6.45) is 0.